The molecule has 0 aliphatic heterocycles. The normalized spacial score (nSPS) is 12.5. The van der Waals surface area contributed by atoms with Gasteiger partial charge in [0, 0.05) is 6.20 Å². The number of nitrogens with one attached hydrogen (secondary N) is 1. The average molecular weight is 196 g/mol. The highest BCUT2D eigenvalue weighted by atomic mass is 16.6. The number of rotatable bonds is 3. The molecular formula is C9H12N2O3. The number of Topliss-reactive ketones (excluding diaryl/α,β-unsaturated/α-hetero) is 1. The van der Waals surface area contributed by atoms with Crippen LogP contribution in [0.3, 0.4) is 0 Å². The van der Waals surface area contributed by atoms with Gasteiger partial charge in [-0.1, -0.05) is 0 Å². The summed E-state index contributed by atoms with van der Waals surface area (Å²) in [7, 11) is 0. The van der Waals surface area contributed by atoms with Crippen molar-refractivity contribution in [2.75, 3.05) is 0 Å². The molecule has 5 nitrogen and oxygen atoms in total. The van der Waals surface area contributed by atoms with Crippen molar-refractivity contribution in [1.82, 2.24) is 4.98 Å². The molecule has 0 spiro atoms. The second-order valence-corrected chi connectivity index (χ2v) is 3.01. The summed E-state index contributed by atoms with van der Waals surface area (Å²) in [6.45, 7) is 3.06. The van der Waals surface area contributed by atoms with Crippen LogP contribution < -0.4 is 11.5 Å². The van der Waals surface area contributed by atoms with E-state index in [1.807, 2.05) is 0 Å². The summed E-state index contributed by atoms with van der Waals surface area (Å²) in [6.07, 6.45) is 1.12. The first kappa shape index (κ1) is 10.6. The number of carbonyl (C=O) groups is 1. The van der Waals surface area contributed by atoms with Crippen molar-refractivity contribution in [2.45, 2.75) is 20.0 Å². The fourth-order valence-electron chi connectivity index (χ4n) is 1.08. The summed E-state index contributed by atoms with van der Waals surface area (Å²) >= 11 is 0. The van der Waals surface area contributed by atoms with Gasteiger partial charge in [0.25, 0.3) is 5.56 Å². The van der Waals surface area contributed by atoms with Crippen molar-refractivity contribution < 1.29 is 9.63 Å². The van der Waals surface area contributed by atoms with Crippen molar-refractivity contribution in [1.29, 1.82) is 0 Å². The van der Waals surface area contributed by atoms with E-state index in [4.69, 9.17) is 5.90 Å². The van der Waals surface area contributed by atoms with Gasteiger partial charge < -0.3 is 4.98 Å². The first-order chi connectivity index (χ1) is 6.56. The Bertz CT molecular complexity index is 397. The first-order valence-electron chi connectivity index (χ1n) is 4.15. The van der Waals surface area contributed by atoms with E-state index >= 15 is 0 Å². The number of aromatic nitrogens is 1. The molecule has 1 aromatic rings. The number of nitrogens with two attached hydrogens (primary N) is 1. The number of pyridine rings is 1. The molecule has 0 radical (unpaired) electrons. The molecule has 1 rings (SSSR count). The summed E-state index contributed by atoms with van der Waals surface area (Å²) in [5.74, 6) is 4.71. The molecule has 0 bridgehead atoms. The maximum absolute atomic E-state index is 11.2. The standard InChI is InChI=1S/C9H12N2O3/c1-5(12)8-3-7(6(2)14-10)4-11-9(8)13/h3-4,6H,10H2,1-2H3,(H,11,13). The van der Waals surface area contributed by atoms with Crippen LogP contribution in [0.2, 0.25) is 0 Å². The molecule has 1 atom stereocenters. The van der Waals surface area contributed by atoms with Crippen LogP contribution in [-0.2, 0) is 4.84 Å². The van der Waals surface area contributed by atoms with E-state index < -0.39 is 5.56 Å². The average Bonchev–Trinajstić information content (AvgIpc) is 2.17. The third-order valence-electron chi connectivity index (χ3n) is 1.98. The van der Waals surface area contributed by atoms with Crippen LogP contribution in [0.15, 0.2) is 17.1 Å². The molecule has 0 fully saturated rings. The van der Waals surface area contributed by atoms with E-state index in [1.54, 1.807) is 6.92 Å². The van der Waals surface area contributed by atoms with Crippen molar-refractivity contribution in [3.8, 4) is 0 Å². The predicted octanol–water partition coefficient (Wildman–Crippen LogP) is 0.529. The van der Waals surface area contributed by atoms with Crippen LogP contribution in [0.4, 0.5) is 0 Å². The topological polar surface area (TPSA) is 85.2 Å². The number of H-pyrrole nitrogens is 1. The van der Waals surface area contributed by atoms with Gasteiger partial charge in [0.15, 0.2) is 5.78 Å². The summed E-state index contributed by atoms with van der Waals surface area (Å²) in [6, 6.07) is 1.48. The van der Waals surface area contributed by atoms with Crippen LogP contribution in [-0.4, -0.2) is 10.8 Å². The fraction of sp³-hybridized carbons (Fsp3) is 0.333. The Morgan fingerprint density at radius 1 is 1.64 bits per heavy atom. The van der Waals surface area contributed by atoms with E-state index in [2.05, 4.69) is 9.82 Å². The Morgan fingerprint density at radius 2 is 2.29 bits per heavy atom. The minimum atomic E-state index is -0.398. The van der Waals surface area contributed by atoms with Gasteiger partial charge >= 0.3 is 0 Å². The Hall–Kier alpha value is -1.46. The van der Waals surface area contributed by atoms with Crippen molar-refractivity contribution in [3.63, 3.8) is 0 Å². The van der Waals surface area contributed by atoms with Crippen molar-refractivity contribution in [3.05, 3.63) is 33.7 Å². The highest BCUT2D eigenvalue weighted by Gasteiger charge is 2.10. The lowest BCUT2D eigenvalue weighted by molar-refractivity contribution is 0.0661. The predicted molar refractivity (Wildman–Crippen MR) is 50.8 cm³/mol. The molecule has 5 heteroatoms. The Morgan fingerprint density at radius 3 is 2.79 bits per heavy atom. The molecule has 1 unspecified atom stereocenters. The molecule has 1 aromatic heterocycles. The van der Waals surface area contributed by atoms with Gasteiger partial charge in [-0.05, 0) is 25.5 Å². The molecule has 3 N–H and O–H groups in total. The zero-order chi connectivity index (χ0) is 10.7. The maximum atomic E-state index is 11.2. The number of hydrogen-bond donors (Lipinski definition) is 2. The van der Waals surface area contributed by atoms with Gasteiger partial charge in [-0.15, -0.1) is 0 Å². The number of ketones is 1. The highest BCUT2D eigenvalue weighted by molar-refractivity contribution is 5.93. The molecule has 0 aliphatic rings. The summed E-state index contributed by atoms with van der Waals surface area (Å²) in [5, 5.41) is 0. The second-order valence-electron chi connectivity index (χ2n) is 3.01. The molecule has 1 heterocycles. The third kappa shape index (κ3) is 2.07. The van der Waals surface area contributed by atoms with Crippen molar-refractivity contribution in [2.24, 2.45) is 5.90 Å². The molecule has 0 amide bonds. The number of hydrogen-bond acceptors (Lipinski definition) is 4. The maximum Gasteiger partial charge on any atom is 0.258 e. The second kappa shape index (κ2) is 4.17. The van der Waals surface area contributed by atoms with Crippen LogP contribution in [0, 0.1) is 0 Å². The number of carbonyl (C=O) groups excluding carboxylic acids is 1. The summed E-state index contributed by atoms with van der Waals surface area (Å²) in [5.41, 5.74) is 0.383. The summed E-state index contributed by atoms with van der Waals surface area (Å²) in [4.78, 5) is 29.2. The lowest BCUT2D eigenvalue weighted by Crippen LogP contribution is -2.17. The van der Waals surface area contributed by atoms with Crippen LogP contribution >= 0.6 is 0 Å². The molecular weight excluding hydrogens is 184 g/mol. The molecule has 0 saturated carbocycles. The van der Waals surface area contributed by atoms with Crippen LogP contribution in [0.1, 0.15) is 35.9 Å². The lowest BCUT2D eigenvalue weighted by Gasteiger charge is -2.08. The molecule has 0 aromatic carbocycles. The molecule has 76 valence electrons. The molecule has 0 aliphatic carbocycles. The quantitative estimate of drug-likeness (QED) is 0.545. The highest BCUT2D eigenvalue weighted by Crippen LogP contribution is 2.13. The van der Waals surface area contributed by atoms with Crippen LogP contribution in [0.5, 0.6) is 0 Å². The monoisotopic (exact) mass is 196 g/mol. The Labute approximate surface area is 80.8 Å². The van der Waals surface area contributed by atoms with E-state index in [1.165, 1.54) is 19.2 Å². The first-order valence-corrected chi connectivity index (χ1v) is 4.15. The smallest absolute Gasteiger partial charge is 0.258 e. The Kier molecular flexibility index (Phi) is 3.16. The van der Waals surface area contributed by atoms with E-state index in [0.29, 0.717) is 5.56 Å². The minimum absolute atomic E-state index is 0.117. The van der Waals surface area contributed by atoms with Gasteiger partial charge in [0.1, 0.15) is 6.10 Å². The third-order valence-corrected chi connectivity index (χ3v) is 1.98. The minimum Gasteiger partial charge on any atom is -0.328 e. The van der Waals surface area contributed by atoms with E-state index in [9.17, 15) is 9.59 Å². The van der Waals surface area contributed by atoms with E-state index in [0.717, 1.165) is 0 Å². The summed E-state index contributed by atoms with van der Waals surface area (Å²) < 4.78 is 0. The van der Waals surface area contributed by atoms with Gasteiger partial charge in [-0.25, -0.2) is 5.90 Å². The zero-order valence-electron chi connectivity index (χ0n) is 8.03. The Balaban J connectivity index is 3.19. The zero-order valence-corrected chi connectivity index (χ0v) is 8.03. The molecule has 14 heavy (non-hydrogen) atoms. The van der Waals surface area contributed by atoms with Gasteiger partial charge in [-0.3, -0.25) is 14.4 Å². The van der Waals surface area contributed by atoms with Gasteiger partial charge in [0.05, 0.1) is 5.56 Å². The fourth-order valence-corrected chi connectivity index (χ4v) is 1.08. The molecule has 0 saturated heterocycles. The van der Waals surface area contributed by atoms with Crippen LogP contribution in [0.25, 0.3) is 0 Å². The number of aromatic amines is 1. The largest absolute Gasteiger partial charge is 0.328 e. The lowest BCUT2D eigenvalue weighted by atomic mass is 10.1. The SMILES string of the molecule is CC(=O)c1cc(C(C)ON)c[nH]c1=O. The van der Waals surface area contributed by atoms with Gasteiger partial charge in [0.2, 0.25) is 0 Å². The van der Waals surface area contributed by atoms with Crippen molar-refractivity contribution >= 4 is 5.78 Å². The van der Waals surface area contributed by atoms with E-state index in [-0.39, 0.29) is 17.5 Å². The van der Waals surface area contributed by atoms with Gasteiger partial charge in [-0.2, -0.15) is 0 Å².